The smallest absolute Gasteiger partial charge is 0.305 e. The Hall–Kier alpha value is -6.87. The van der Waals surface area contributed by atoms with Gasteiger partial charge in [0.05, 0.1) is 51.6 Å². The van der Waals surface area contributed by atoms with Gasteiger partial charge in [0.25, 0.3) is 17.7 Å². The molecule has 306 valence electrons. The van der Waals surface area contributed by atoms with Crippen LogP contribution < -0.4 is 42.8 Å². The molecule has 0 saturated carbocycles. The molecule has 2 aromatic rings. The Balaban J connectivity index is 1.24. The molecule has 0 spiro atoms. The zero-order valence-corrected chi connectivity index (χ0v) is 30.8. The summed E-state index contributed by atoms with van der Waals surface area (Å²) in [5.74, 6) is -4.82. The third kappa shape index (κ3) is 17.4. The van der Waals surface area contributed by atoms with Crippen LogP contribution in [-0.4, -0.2) is 129 Å². The van der Waals surface area contributed by atoms with Crippen molar-refractivity contribution in [3.63, 3.8) is 0 Å². The minimum atomic E-state index is -1.46. The minimum absolute atomic E-state index is 0.00463. The largest absolute Gasteiger partial charge is 0.492 e. The van der Waals surface area contributed by atoms with Gasteiger partial charge in [0, 0.05) is 49.3 Å². The molecular weight excluding hydrogens is 750 g/mol. The lowest BCUT2D eigenvalue weighted by Gasteiger charge is -2.17. The number of benzene rings is 2. The molecule has 0 radical (unpaired) electrons. The van der Waals surface area contributed by atoms with E-state index in [1.807, 2.05) is 0 Å². The second-order valence-corrected chi connectivity index (χ2v) is 11.9. The highest BCUT2D eigenvalue weighted by molar-refractivity contribution is 6.13. The molecule has 1 aliphatic rings. The van der Waals surface area contributed by atoms with E-state index in [9.17, 15) is 43.5 Å². The number of rotatable bonds is 25. The number of amides is 7. The number of carbonyl (C=O) groups excluding carboxylic acids is 7. The van der Waals surface area contributed by atoms with Crippen molar-refractivity contribution in [2.75, 3.05) is 64.5 Å². The van der Waals surface area contributed by atoms with Gasteiger partial charge in [-0.3, -0.25) is 43.3 Å². The Kier molecular flexibility index (Phi) is 18.6. The van der Waals surface area contributed by atoms with Crippen LogP contribution in [0.2, 0.25) is 0 Å². The Bertz CT molecular complexity index is 1800. The number of ether oxygens (including phenoxy) is 3. The Labute approximate surface area is 326 Å². The van der Waals surface area contributed by atoms with E-state index >= 15 is 0 Å². The molecular formula is C36H45N9O12. The minimum Gasteiger partial charge on any atom is -0.492 e. The zero-order chi connectivity index (χ0) is 41.6. The SMILES string of the molecule is NC(N)=Nc1cccc(C(=O)NCC(=O)NC(CC(=O)O)C(=O)Nc2ccc(OCCNC(=O)CCOCCOCCNC(=O)CCN3C(=O)C=CC3=O)cc2)c1. The number of aliphatic carboxylic acids is 1. The molecule has 0 fully saturated rings. The van der Waals surface area contributed by atoms with Gasteiger partial charge in [0.15, 0.2) is 5.96 Å². The molecule has 10 N–H and O–H groups in total. The summed E-state index contributed by atoms with van der Waals surface area (Å²) < 4.78 is 16.3. The van der Waals surface area contributed by atoms with E-state index in [0.717, 1.165) is 17.1 Å². The van der Waals surface area contributed by atoms with E-state index in [2.05, 4.69) is 31.6 Å². The van der Waals surface area contributed by atoms with Crippen LogP contribution in [0.25, 0.3) is 0 Å². The monoisotopic (exact) mass is 795 g/mol. The maximum Gasteiger partial charge on any atom is 0.305 e. The number of carboxylic acid groups (broad SMARTS) is 1. The van der Waals surface area contributed by atoms with Gasteiger partial charge in [-0.05, 0) is 42.5 Å². The Morgan fingerprint density at radius 3 is 2.09 bits per heavy atom. The van der Waals surface area contributed by atoms with E-state index in [1.54, 1.807) is 18.2 Å². The summed E-state index contributed by atoms with van der Waals surface area (Å²) in [5, 5.41) is 21.8. The lowest BCUT2D eigenvalue weighted by molar-refractivity contribution is -0.140. The molecule has 3 rings (SSSR count). The molecule has 0 bridgehead atoms. The zero-order valence-electron chi connectivity index (χ0n) is 30.8. The van der Waals surface area contributed by atoms with Gasteiger partial charge in [-0.15, -0.1) is 0 Å². The molecule has 21 heteroatoms. The van der Waals surface area contributed by atoms with Gasteiger partial charge in [0.2, 0.25) is 23.6 Å². The third-order valence-electron chi connectivity index (χ3n) is 7.50. The van der Waals surface area contributed by atoms with Crippen molar-refractivity contribution in [3.05, 3.63) is 66.2 Å². The first-order chi connectivity index (χ1) is 27.3. The summed E-state index contributed by atoms with van der Waals surface area (Å²) >= 11 is 0. The van der Waals surface area contributed by atoms with E-state index in [1.165, 1.54) is 30.3 Å². The van der Waals surface area contributed by atoms with E-state index in [0.29, 0.717) is 11.4 Å². The number of carbonyl (C=O) groups is 8. The number of guanidine groups is 1. The number of carboxylic acids is 1. The van der Waals surface area contributed by atoms with Gasteiger partial charge in [0.1, 0.15) is 18.4 Å². The summed E-state index contributed by atoms with van der Waals surface area (Å²) in [7, 11) is 0. The average Bonchev–Trinajstić information content (AvgIpc) is 3.49. The summed E-state index contributed by atoms with van der Waals surface area (Å²) in [6.45, 7) is 0.919. The number of anilines is 1. The van der Waals surface area contributed by atoms with Crippen molar-refractivity contribution < 1.29 is 57.7 Å². The quantitative estimate of drug-likeness (QED) is 0.0240. The number of hydrogen-bond acceptors (Lipinski definition) is 12. The average molecular weight is 796 g/mol. The summed E-state index contributed by atoms with van der Waals surface area (Å²) in [6, 6.07) is 10.6. The number of nitrogens with one attached hydrogen (secondary N) is 5. The van der Waals surface area contributed by atoms with Gasteiger partial charge >= 0.3 is 5.97 Å². The molecule has 0 aromatic heterocycles. The van der Waals surface area contributed by atoms with Crippen LogP contribution in [0.4, 0.5) is 11.4 Å². The molecule has 21 nitrogen and oxygen atoms in total. The molecule has 0 saturated heterocycles. The summed E-state index contributed by atoms with van der Waals surface area (Å²) in [4.78, 5) is 101. The number of hydrogen-bond donors (Lipinski definition) is 8. The molecule has 1 aliphatic heterocycles. The topological polar surface area (TPSA) is 312 Å². The van der Waals surface area contributed by atoms with Crippen LogP contribution in [-0.2, 0) is 43.0 Å². The lowest BCUT2D eigenvalue weighted by atomic mass is 10.1. The van der Waals surface area contributed by atoms with Crippen molar-refractivity contribution in [1.82, 2.24) is 26.2 Å². The molecule has 2 aromatic carbocycles. The normalized spacial score (nSPS) is 12.3. The molecule has 7 amide bonds. The first-order valence-electron chi connectivity index (χ1n) is 17.6. The van der Waals surface area contributed by atoms with Crippen molar-refractivity contribution in [2.45, 2.75) is 25.3 Å². The van der Waals surface area contributed by atoms with Crippen LogP contribution in [0.5, 0.6) is 5.75 Å². The summed E-state index contributed by atoms with van der Waals surface area (Å²) in [6.07, 6.45) is 1.69. The Morgan fingerprint density at radius 1 is 0.772 bits per heavy atom. The first-order valence-corrected chi connectivity index (χ1v) is 17.6. The number of aliphatic imine (C=N–C) groups is 1. The van der Waals surface area contributed by atoms with Gasteiger partial charge in [-0.25, -0.2) is 4.99 Å². The van der Waals surface area contributed by atoms with E-state index in [4.69, 9.17) is 25.7 Å². The maximum atomic E-state index is 12.9. The number of nitrogens with zero attached hydrogens (tertiary/aromatic N) is 2. The van der Waals surface area contributed by atoms with Crippen molar-refractivity contribution in [1.29, 1.82) is 0 Å². The predicted octanol–water partition coefficient (Wildman–Crippen LogP) is -1.73. The molecule has 1 unspecified atom stereocenters. The second-order valence-electron chi connectivity index (χ2n) is 11.9. The fraction of sp³-hybridized carbons (Fsp3) is 0.361. The Morgan fingerprint density at radius 2 is 1.42 bits per heavy atom. The molecule has 57 heavy (non-hydrogen) atoms. The van der Waals surface area contributed by atoms with Gasteiger partial charge in [-0.2, -0.15) is 0 Å². The predicted molar refractivity (Wildman–Crippen MR) is 202 cm³/mol. The maximum absolute atomic E-state index is 12.9. The van der Waals surface area contributed by atoms with Gasteiger partial charge < -0.3 is 57.4 Å². The van der Waals surface area contributed by atoms with Crippen molar-refractivity contribution >= 4 is 64.7 Å². The van der Waals surface area contributed by atoms with Crippen LogP contribution in [0.1, 0.15) is 29.6 Å². The first kappa shape index (κ1) is 44.5. The highest BCUT2D eigenvalue weighted by Crippen LogP contribution is 2.16. The van der Waals surface area contributed by atoms with Crippen LogP contribution >= 0.6 is 0 Å². The molecule has 1 heterocycles. The van der Waals surface area contributed by atoms with Crippen LogP contribution in [0.3, 0.4) is 0 Å². The van der Waals surface area contributed by atoms with Crippen molar-refractivity contribution in [2.24, 2.45) is 16.5 Å². The standard InChI is InChI=1S/C36H45N9O12/c37-36(38)43-25-3-1-2-23(20-25)34(53)41-22-30(48)44-27(21-33(51)52)35(54)42-24-4-6-26(7-5-24)57-17-13-40-29(47)11-15-55-18-19-56-16-12-39-28(46)10-14-45-31(49)8-9-32(45)50/h1-9,20,27H,10-19,21-22H2,(H,39,46)(H,40,47)(H,41,53)(H,42,54)(H,44,48)(H,51,52)(H4,37,38,43). The van der Waals surface area contributed by atoms with Crippen molar-refractivity contribution in [3.8, 4) is 5.75 Å². The number of imide groups is 1. The highest BCUT2D eigenvalue weighted by Gasteiger charge is 2.25. The second kappa shape index (κ2) is 23.8. The van der Waals surface area contributed by atoms with E-state index < -0.39 is 54.5 Å². The van der Waals surface area contributed by atoms with Crippen LogP contribution in [0.15, 0.2) is 65.7 Å². The third-order valence-corrected chi connectivity index (χ3v) is 7.50. The fourth-order valence-electron chi connectivity index (χ4n) is 4.77. The highest BCUT2D eigenvalue weighted by atomic mass is 16.5. The lowest BCUT2D eigenvalue weighted by Crippen LogP contribution is -2.48. The van der Waals surface area contributed by atoms with Gasteiger partial charge in [-0.1, -0.05) is 6.07 Å². The fourth-order valence-corrected chi connectivity index (χ4v) is 4.77. The summed E-state index contributed by atoms with van der Waals surface area (Å²) in [5.41, 5.74) is 11.5. The number of nitrogens with two attached hydrogens (primary N) is 2. The van der Waals surface area contributed by atoms with E-state index in [-0.39, 0.29) is 94.5 Å². The molecule has 0 aliphatic carbocycles. The molecule has 1 atom stereocenters. The van der Waals surface area contributed by atoms with Crippen LogP contribution in [0, 0.1) is 0 Å².